The summed E-state index contributed by atoms with van der Waals surface area (Å²) in [5.41, 5.74) is 1.49. The van der Waals surface area contributed by atoms with Gasteiger partial charge in [-0.05, 0) is 24.9 Å². The van der Waals surface area contributed by atoms with Crippen molar-refractivity contribution in [3.8, 4) is 0 Å². The predicted octanol–water partition coefficient (Wildman–Crippen LogP) is 3.43. The van der Waals surface area contributed by atoms with Crippen molar-refractivity contribution < 1.29 is 8.78 Å². The Morgan fingerprint density at radius 2 is 1.94 bits per heavy atom. The molecule has 2 rings (SSSR count). The van der Waals surface area contributed by atoms with Gasteiger partial charge < -0.3 is 0 Å². The number of hydrogen-bond acceptors (Lipinski definition) is 1. The van der Waals surface area contributed by atoms with E-state index in [0.29, 0.717) is 18.5 Å². The molecular weight excluding hydrogens is 208 g/mol. The molecule has 1 aromatic carbocycles. The molecule has 1 aliphatic rings. The highest BCUT2D eigenvalue weighted by Crippen LogP contribution is 2.21. The van der Waals surface area contributed by atoms with Crippen LogP contribution in [0.1, 0.15) is 18.4 Å². The molecule has 1 aromatic rings. The summed E-state index contributed by atoms with van der Waals surface area (Å²) in [6, 6.07) is 9.98. The topological polar surface area (TPSA) is 3.24 Å². The van der Waals surface area contributed by atoms with Crippen LogP contribution in [0.4, 0.5) is 8.78 Å². The van der Waals surface area contributed by atoms with Crippen molar-refractivity contribution in [1.82, 2.24) is 4.90 Å². The maximum atomic E-state index is 12.5. The molecule has 1 fully saturated rings. The van der Waals surface area contributed by atoms with Gasteiger partial charge in [0, 0.05) is 18.7 Å². The van der Waals surface area contributed by atoms with Crippen molar-refractivity contribution >= 4 is 0 Å². The summed E-state index contributed by atoms with van der Waals surface area (Å²) in [6.07, 6.45) is -0.106. The third kappa shape index (κ3) is 2.89. The number of nitrogens with zero attached hydrogens (tertiary/aromatic N) is 1. The largest absolute Gasteiger partial charge is 0.295 e. The highest BCUT2D eigenvalue weighted by Gasteiger charge is 2.17. The Morgan fingerprint density at radius 1 is 1.19 bits per heavy atom. The van der Waals surface area contributed by atoms with E-state index >= 15 is 0 Å². The number of likely N-dealkylation sites (tertiary alicyclic amines) is 1. The maximum Gasteiger partial charge on any atom is 0.270 e. The van der Waals surface area contributed by atoms with Gasteiger partial charge in [-0.15, -0.1) is 0 Å². The minimum atomic E-state index is -1.49. The molecule has 0 bridgehead atoms. The van der Waals surface area contributed by atoms with Gasteiger partial charge in [-0.3, -0.25) is 4.90 Å². The van der Waals surface area contributed by atoms with Crippen LogP contribution in [0.2, 0.25) is 0 Å². The molecule has 86 valence electrons. The molecule has 0 N–H and O–H groups in total. The monoisotopic (exact) mass is 223 g/mol. The first kappa shape index (κ1) is 11.3. The lowest BCUT2D eigenvalue weighted by atomic mass is 10.1. The van der Waals surface area contributed by atoms with Crippen LogP contribution >= 0.6 is 0 Å². The number of rotatable bonds is 2. The van der Waals surface area contributed by atoms with E-state index in [0.717, 1.165) is 19.5 Å². The van der Waals surface area contributed by atoms with Gasteiger partial charge in [0.2, 0.25) is 0 Å². The van der Waals surface area contributed by atoms with Crippen molar-refractivity contribution in [2.24, 2.45) is 0 Å². The van der Waals surface area contributed by atoms with Crippen LogP contribution in [0.15, 0.2) is 42.0 Å². The molecule has 16 heavy (non-hydrogen) atoms. The summed E-state index contributed by atoms with van der Waals surface area (Å²) in [7, 11) is 0. The molecule has 1 heterocycles. The highest BCUT2D eigenvalue weighted by molar-refractivity contribution is 5.16. The lowest BCUT2D eigenvalue weighted by Crippen LogP contribution is -2.30. The van der Waals surface area contributed by atoms with Crippen molar-refractivity contribution in [1.29, 1.82) is 0 Å². The maximum absolute atomic E-state index is 12.5. The summed E-state index contributed by atoms with van der Waals surface area (Å²) in [4.78, 5) is 2.08. The number of benzene rings is 1. The molecule has 0 aliphatic carbocycles. The molecule has 3 heteroatoms. The second kappa shape index (κ2) is 5.21. The average molecular weight is 223 g/mol. The van der Waals surface area contributed by atoms with Crippen molar-refractivity contribution in [2.75, 3.05) is 13.1 Å². The average Bonchev–Trinajstić information content (AvgIpc) is 2.30. The minimum Gasteiger partial charge on any atom is -0.295 e. The standard InChI is InChI=1S/C13H15F2N/c14-13(15)12-7-4-8-16(10-12)9-11-5-2-1-3-6-11/h1-3,5-6H,4,7-10H2. The Morgan fingerprint density at radius 3 is 2.62 bits per heavy atom. The van der Waals surface area contributed by atoms with Gasteiger partial charge in [-0.2, -0.15) is 8.78 Å². The third-order valence-corrected chi connectivity index (χ3v) is 2.88. The van der Waals surface area contributed by atoms with E-state index in [1.54, 1.807) is 0 Å². The van der Waals surface area contributed by atoms with Crippen molar-refractivity contribution in [3.63, 3.8) is 0 Å². The molecular formula is C13H15F2N. The molecule has 0 unspecified atom stereocenters. The molecule has 0 spiro atoms. The number of piperidine rings is 1. The number of halogens is 2. The van der Waals surface area contributed by atoms with E-state index in [1.807, 2.05) is 30.3 Å². The normalized spacial score (nSPS) is 17.5. The van der Waals surface area contributed by atoms with Crippen LogP contribution in [0, 0.1) is 0 Å². The van der Waals surface area contributed by atoms with E-state index in [-0.39, 0.29) is 0 Å². The van der Waals surface area contributed by atoms with Crippen molar-refractivity contribution in [2.45, 2.75) is 19.4 Å². The second-order valence-electron chi connectivity index (χ2n) is 4.16. The molecule has 0 aromatic heterocycles. The summed E-state index contributed by atoms with van der Waals surface area (Å²) in [5, 5.41) is 0. The van der Waals surface area contributed by atoms with Gasteiger partial charge in [-0.1, -0.05) is 30.3 Å². The summed E-state index contributed by atoms with van der Waals surface area (Å²) in [6.45, 7) is 2.08. The molecule has 1 nitrogen and oxygen atoms in total. The Balaban J connectivity index is 1.99. The van der Waals surface area contributed by atoms with Crippen LogP contribution < -0.4 is 0 Å². The van der Waals surface area contributed by atoms with Gasteiger partial charge in [0.15, 0.2) is 0 Å². The minimum absolute atomic E-state index is 0.308. The first-order chi connectivity index (χ1) is 7.75. The zero-order chi connectivity index (χ0) is 11.4. The first-order valence-corrected chi connectivity index (χ1v) is 5.55. The first-order valence-electron chi connectivity index (χ1n) is 5.55. The van der Waals surface area contributed by atoms with Gasteiger partial charge >= 0.3 is 0 Å². The summed E-state index contributed by atoms with van der Waals surface area (Å²) >= 11 is 0. The quantitative estimate of drug-likeness (QED) is 0.742. The van der Waals surface area contributed by atoms with E-state index in [2.05, 4.69) is 4.90 Å². The molecule has 0 atom stereocenters. The fraction of sp³-hybridized carbons (Fsp3) is 0.385. The fourth-order valence-corrected chi connectivity index (χ4v) is 2.07. The van der Waals surface area contributed by atoms with Crippen LogP contribution in [0.5, 0.6) is 0 Å². The molecule has 1 saturated heterocycles. The predicted molar refractivity (Wildman–Crippen MR) is 60.2 cm³/mol. The van der Waals surface area contributed by atoms with Crippen LogP contribution in [0.25, 0.3) is 0 Å². The van der Waals surface area contributed by atoms with E-state index in [4.69, 9.17) is 0 Å². The van der Waals surface area contributed by atoms with Crippen LogP contribution in [-0.2, 0) is 6.54 Å². The van der Waals surface area contributed by atoms with Gasteiger partial charge in [0.25, 0.3) is 6.08 Å². The van der Waals surface area contributed by atoms with Crippen LogP contribution in [0.3, 0.4) is 0 Å². The van der Waals surface area contributed by atoms with E-state index in [9.17, 15) is 8.78 Å². The smallest absolute Gasteiger partial charge is 0.270 e. The van der Waals surface area contributed by atoms with E-state index < -0.39 is 6.08 Å². The van der Waals surface area contributed by atoms with Gasteiger partial charge in [0.1, 0.15) is 0 Å². The molecule has 0 amide bonds. The van der Waals surface area contributed by atoms with Gasteiger partial charge in [-0.25, -0.2) is 0 Å². The molecule has 0 saturated carbocycles. The third-order valence-electron chi connectivity index (χ3n) is 2.88. The molecule has 1 aliphatic heterocycles. The second-order valence-corrected chi connectivity index (χ2v) is 4.16. The Labute approximate surface area is 94.4 Å². The fourth-order valence-electron chi connectivity index (χ4n) is 2.07. The zero-order valence-electron chi connectivity index (χ0n) is 9.13. The lowest BCUT2D eigenvalue weighted by molar-refractivity contribution is 0.245. The Bertz CT molecular complexity index is 369. The SMILES string of the molecule is FC(F)=C1CCCN(Cc2ccccc2)C1. The Kier molecular flexibility index (Phi) is 3.67. The summed E-state index contributed by atoms with van der Waals surface area (Å²) in [5.74, 6) is 0. The zero-order valence-corrected chi connectivity index (χ0v) is 9.13. The number of hydrogen-bond donors (Lipinski definition) is 0. The van der Waals surface area contributed by atoms with Crippen molar-refractivity contribution in [3.05, 3.63) is 47.5 Å². The Hall–Kier alpha value is -1.22. The summed E-state index contributed by atoms with van der Waals surface area (Å²) < 4.78 is 25.0. The highest BCUT2D eigenvalue weighted by atomic mass is 19.3. The van der Waals surface area contributed by atoms with E-state index in [1.165, 1.54) is 5.56 Å². The van der Waals surface area contributed by atoms with Gasteiger partial charge in [0.05, 0.1) is 0 Å². The molecule has 0 radical (unpaired) electrons. The lowest BCUT2D eigenvalue weighted by Gasteiger charge is -2.27. The van der Waals surface area contributed by atoms with Crippen LogP contribution in [-0.4, -0.2) is 18.0 Å².